The van der Waals surface area contributed by atoms with Crippen molar-refractivity contribution in [3.8, 4) is 0 Å². The zero-order chi connectivity index (χ0) is 15.7. The van der Waals surface area contributed by atoms with Crippen LogP contribution in [0.3, 0.4) is 0 Å². The van der Waals surface area contributed by atoms with E-state index in [2.05, 4.69) is 0 Å². The number of carbonyl (C=O) groups is 1. The lowest BCUT2D eigenvalue weighted by molar-refractivity contribution is 0.0561. The third-order valence-electron chi connectivity index (χ3n) is 4.27. The van der Waals surface area contributed by atoms with Crippen LogP contribution in [0.25, 0.3) is 0 Å². The Hall–Kier alpha value is -1.24. The Morgan fingerprint density at radius 3 is 2.50 bits per heavy atom. The summed E-state index contributed by atoms with van der Waals surface area (Å²) in [4.78, 5) is 11.5. The fraction of sp³-hybridized carbons (Fsp3) is 0.562. The highest BCUT2D eigenvalue weighted by Crippen LogP contribution is 2.30. The summed E-state index contributed by atoms with van der Waals surface area (Å²) in [7, 11) is -3.49. The minimum absolute atomic E-state index is 0.00636. The van der Waals surface area contributed by atoms with E-state index in [9.17, 15) is 13.2 Å². The molecule has 1 aliphatic carbocycles. The number of nitrogens with zero attached hydrogens (tertiary/aromatic N) is 1. The summed E-state index contributed by atoms with van der Waals surface area (Å²) in [6, 6.07) is 6.13. The zero-order valence-corrected chi connectivity index (χ0v) is 13.5. The van der Waals surface area contributed by atoms with Crippen molar-refractivity contribution in [2.24, 2.45) is 5.92 Å². The average Bonchev–Trinajstić information content (AvgIpc) is 3.21. The van der Waals surface area contributed by atoms with Gasteiger partial charge in [0, 0.05) is 25.3 Å². The molecule has 3 rings (SSSR count). The maximum atomic E-state index is 12.6. The molecule has 0 spiro atoms. The fourth-order valence-corrected chi connectivity index (χ4v) is 4.11. The molecule has 1 aromatic carbocycles. The lowest BCUT2D eigenvalue weighted by atomic mass is 10.2. The second-order valence-electron chi connectivity index (χ2n) is 6.13. The van der Waals surface area contributed by atoms with Crippen LogP contribution < -0.4 is 0 Å². The molecule has 2 aliphatic rings. The van der Waals surface area contributed by atoms with Crippen LogP contribution in [0.2, 0.25) is 0 Å². The van der Waals surface area contributed by atoms with Crippen LogP contribution in [0.15, 0.2) is 29.2 Å². The molecular weight excluding hydrogens is 302 g/mol. The van der Waals surface area contributed by atoms with Crippen molar-refractivity contribution >= 4 is 15.8 Å². The third-order valence-corrected chi connectivity index (χ3v) is 6.15. The summed E-state index contributed by atoms with van der Waals surface area (Å²) < 4.78 is 32.5. The van der Waals surface area contributed by atoms with E-state index in [0.717, 1.165) is 13.0 Å². The molecule has 2 fully saturated rings. The molecule has 1 aromatic rings. The number of rotatable bonds is 6. The van der Waals surface area contributed by atoms with Gasteiger partial charge in [-0.05, 0) is 44.2 Å². The molecule has 1 saturated carbocycles. The Labute approximate surface area is 131 Å². The van der Waals surface area contributed by atoms with Crippen molar-refractivity contribution in [1.29, 1.82) is 0 Å². The number of carbonyl (C=O) groups excluding carboxylic acids is 1. The molecule has 1 atom stereocenters. The first-order valence-corrected chi connectivity index (χ1v) is 9.13. The molecule has 1 saturated heterocycles. The van der Waals surface area contributed by atoms with Gasteiger partial charge in [0.2, 0.25) is 10.0 Å². The largest absolute Gasteiger partial charge is 0.377 e. The molecule has 6 heteroatoms. The van der Waals surface area contributed by atoms with Crippen LogP contribution in [-0.4, -0.2) is 44.3 Å². The van der Waals surface area contributed by atoms with Crippen LogP contribution in [0.1, 0.15) is 36.5 Å². The third kappa shape index (κ3) is 3.39. The Morgan fingerprint density at radius 2 is 1.91 bits per heavy atom. The van der Waals surface area contributed by atoms with Gasteiger partial charge in [-0.25, -0.2) is 8.42 Å². The molecule has 0 N–H and O–H groups in total. The number of ether oxygens (including phenoxy) is 1. The van der Waals surface area contributed by atoms with Gasteiger partial charge in [-0.15, -0.1) is 0 Å². The molecule has 1 unspecified atom stereocenters. The van der Waals surface area contributed by atoms with Gasteiger partial charge in [-0.3, -0.25) is 4.79 Å². The molecule has 1 heterocycles. The molecule has 5 nitrogen and oxygen atoms in total. The van der Waals surface area contributed by atoms with Gasteiger partial charge in [0.1, 0.15) is 0 Å². The molecular formula is C16H21NO4S. The number of hydrogen-bond donors (Lipinski definition) is 0. The van der Waals surface area contributed by atoms with Crippen LogP contribution in [0.5, 0.6) is 0 Å². The van der Waals surface area contributed by atoms with E-state index in [1.54, 1.807) is 12.1 Å². The Kier molecular flexibility index (Phi) is 4.34. The summed E-state index contributed by atoms with van der Waals surface area (Å²) in [5.74, 6) is 0.614. The highest BCUT2D eigenvalue weighted by molar-refractivity contribution is 7.89. The predicted molar refractivity (Wildman–Crippen MR) is 82.3 cm³/mol. The monoisotopic (exact) mass is 323 g/mol. The van der Waals surface area contributed by atoms with Crippen molar-refractivity contribution in [3.63, 3.8) is 0 Å². The minimum Gasteiger partial charge on any atom is -0.377 e. The zero-order valence-electron chi connectivity index (χ0n) is 12.7. The molecule has 0 amide bonds. The number of benzene rings is 1. The van der Waals surface area contributed by atoms with Crippen LogP contribution in [0.4, 0.5) is 0 Å². The van der Waals surface area contributed by atoms with Gasteiger partial charge in [0.25, 0.3) is 0 Å². The predicted octanol–water partition coefficient (Wildman–Crippen LogP) is 2.08. The molecule has 1 aliphatic heterocycles. The van der Waals surface area contributed by atoms with E-state index in [1.807, 2.05) is 0 Å². The number of ketones is 1. The van der Waals surface area contributed by atoms with E-state index in [-0.39, 0.29) is 16.8 Å². The van der Waals surface area contributed by atoms with Gasteiger partial charge in [0.15, 0.2) is 5.78 Å². The Balaban J connectivity index is 1.65. The van der Waals surface area contributed by atoms with Crippen LogP contribution >= 0.6 is 0 Å². The first-order valence-electron chi connectivity index (χ1n) is 7.69. The molecule has 0 aromatic heterocycles. The average molecular weight is 323 g/mol. The number of hydrogen-bond acceptors (Lipinski definition) is 4. The first-order chi connectivity index (χ1) is 10.5. The molecule has 22 heavy (non-hydrogen) atoms. The van der Waals surface area contributed by atoms with E-state index in [1.165, 1.54) is 36.2 Å². The minimum atomic E-state index is -3.49. The number of Topliss-reactive ketones (excluding diaryl/α,β-unsaturated/α-hetero) is 1. The van der Waals surface area contributed by atoms with Crippen molar-refractivity contribution in [2.45, 2.75) is 37.2 Å². The van der Waals surface area contributed by atoms with Crippen LogP contribution in [-0.2, 0) is 14.8 Å². The van der Waals surface area contributed by atoms with Gasteiger partial charge in [-0.1, -0.05) is 12.1 Å². The second-order valence-corrected chi connectivity index (χ2v) is 8.07. The van der Waals surface area contributed by atoms with E-state index in [4.69, 9.17) is 4.74 Å². The smallest absolute Gasteiger partial charge is 0.243 e. The SMILES string of the molecule is CC(=O)c1ccc(S(=O)(=O)N2CCC(OCC3CC3)C2)cc1. The maximum Gasteiger partial charge on any atom is 0.243 e. The van der Waals surface area contributed by atoms with E-state index < -0.39 is 10.0 Å². The van der Waals surface area contributed by atoms with Gasteiger partial charge in [0.05, 0.1) is 11.0 Å². The van der Waals surface area contributed by atoms with Gasteiger partial charge >= 0.3 is 0 Å². The van der Waals surface area contributed by atoms with E-state index in [0.29, 0.717) is 24.6 Å². The maximum absolute atomic E-state index is 12.6. The summed E-state index contributed by atoms with van der Waals surface area (Å²) in [5.41, 5.74) is 0.519. The Morgan fingerprint density at radius 1 is 1.23 bits per heavy atom. The standard InChI is InChI=1S/C16H21NO4S/c1-12(18)14-4-6-16(7-5-14)22(19,20)17-9-8-15(10-17)21-11-13-2-3-13/h4-7,13,15H,2-3,8-11H2,1H3. The van der Waals surface area contributed by atoms with Crippen LogP contribution in [0, 0.1) is 5.92 Å². The summed E-state index contributed by atoms with van der Waals surface area (Å²) in [5, 5.41) is 0. The Bertz CT molecular complexity index is 649. The summed E-state index contributed by atoms with van der Waals surface area (Å²) >= 11 is 0. The van der Waals surface area contributed by atoms with Gasteiger partial charge in [-0.2, -0.15) is 4.31 Å². The lowest BCUT2D eigenvalue weighted by Crippen LogP contribution is -2.30. The first kappa shape index (κ1) is 15.6. The fourth-order valence-electron chi connectivity index (χ4n) is 2.62. The lowest BCUT2D eigenvalue weighted by Gasteiger charge is -2.17. The highest BCUT2D eigenvalue weighted by Gasteiger charge is 2.34. The normalized spacial score (nSPS) is 22.9. The topological polar surface area (TPSA) is 63.7 Å². The van der Waals surface area contributed by atoms with Crippen molar-refractivity contribution in [2.75, 3.05) is 19.7 Å². The highest BCUT2D eigenvalue weighted by atomic mass is 32.2. The quantitative estimate of drug-likeness (QED) is 0.752. The molecule has 120 valence electrons. The molecule has 0 radical (unpaired) electrons. The second kappa shape index (κ2) is 6.10. The van der Waals surface area contributed by atoms with Crippen molar-refractivity contribution < 1.29 is 17.9 Å². The van der Waals surface area contributed by atoms with Crippen molar-refractivity contribution in [1.82, 2.24) is 4.31 Å². The van der Waals surface area contributed by atoms with E-state index >= 15 is 0 Å². The van der Waals surface area contributed by atoms with Gasteiger partial charge < -0.3 is 4.74 Å². The van der Waals surface area contributed by atoms with Crippen molar-refractivity contribution in [3.05, 3.63) is 29.8 Å². The number of sulfonamides is 1. The summed E-state index contributed by atoms with van der Waals surface area (Å²) in [6.07, 6.45) is 3.22. The molecule has 0 bridgehead atoms. The summed E-state index contributed by atoms with van der Waals surface area (Å²) in [6.45, 7) is 3.13.